The SMILES string of the molecule is CCSc1nnc(SCc2c(C)noc2C)s1. The van der Waals surface area contributed by atoms with Gasteiger partial charge in [0.25, 0.3) is 0 Å². The minimum absolute atomic E-state index is 0.840. The van der Waals surface area contributed by atoms with Crippen LogP contribution < -0.4 is 0 Å². The molecule has 2 rings (SSSR count). The standard InChI is InChI=1S/C10H13N3OS3/c1-4-15-9-11-12-10(17-9)16-5-8-6(2)13-14-7(8)3/h4-5H2,1-3H3. The van der Waals surface area contributed by atoms with Crippen molar-refractivity contribution >= 4 is 34.9 Å². The molecule has 17 heavy (non-hydrogen) atoms. The summed E-state index contributed by atoms with van der Waals surface area (Å²) in [5.41, 5.74) is 2.12. The smallest absolute Gasteiger partial charge is 0.175 e. The van der Waals surface area contributed by atoms with Crippen LogP contribution in [-0.2, 0) is 5.75 Å². The highest BCUT2D eigenvalue weighted by molar-refractivity contribution is 8.02. The lowest BCUT2D eigenvalue weighted by Gasteiger charge is -1.95. The van der Waals surface area contributed by atoms with E-state index in [1.807, 2.05) is 13.8 Å². The van der Waals surface area contributed by atoms with Crippen molar-refractivity contribution in [3.05, 3.63) is 17.0 Å². The van der Waals surface area contributed by atoms with Crippen molar-refractivity contribution in [3.8, 4) is 0 Å². The first kappa shape index (κ1) is 12.9. The molecule has 2 aromatic heterocycles. The molecule has 0 aliphatic rings. The number of aromatic nitrogens is 3. The first-order valence-corrected chi connectivity index (χ1v) is 8.00. The second-order valence-electron chi connectivity index (χ2n) is 3.36. The van der Waals surface area contributed by atoms with Gasteiger partial charge in [-0.15, -0.1) is 10.2 Å². The van der Waals surface area contributed by atoms with Gasteiger partial charge in [-0.05, 0) is 19.6 Å². The summed E-state index contributed by atoms with van der Waals surface area (Å²) in [6.45, 7) is 6.02. The number of rotatable bonds is 5. The highest BCUT2D eigenvalue weighted by Crippen LogP contribution is 2.31. The van der Waals surface area contributed by atoms with Gasteiger partial charge in [-0.2, -0.15) is 0 Å². The second kappa shape index (κ2) is 5.88. The lowest BCUT2D eigenvalue weighted by atomic mass is 10.2. The molecule has 0 unspecified atom stereocenters. The van der Waals surface area contributed by atoms with Gasteiger partial charge in [0.1, 0.15) is 5.76 Å². The van der Waals surface area contributed by atoms with Crippen molar-refractivity contribution < 1.29 is 4.52 Å². The number of thioether (sulfide) groups is 2. The predicted octanol–water partition coefficient (Wildman–Crippen LogP) is 3.55. The summed E-state index contributed by atoms with van der Waals surface area (Å²) in [4.78, 5) is 0. The largest absolute Gasteiger partial charge is 0.361 e. The zero-order chi connectivity index (χ0) is 12.3. The van der Waals surface area contributed by atoms with E-state index < -0.39 is 0 Å². The molecule has 0 bridgehead atoms. The summed E-state index contributed by atoms with van der Waals surface area (Å²) < 4.78 is 7.16. The quantitative estimate of drug-likeness (QED) is 0.784. The third-order valence-corrected chi connectivity index (χ3v) is 5.28. The molecule has 0 aliphatic carbocycles. The zero-order valence-electron chi connectivity index (χ0n) is 9.89. The van der Waals surface area contributed by atoms with Gasteiger partial charge in [-0.3, -0.25) is 0 Å². The van der Waals surface area contributed by atoms with Gasteiger partial charge in [-0.25, -0.2) is 0 Å². The van der Waals surface area contributed by atoms with E-state index in [9.17, 15) is 0 Å². The topological polar surface area (TPSA) is 51.8 Å². The molecule has 0 N–H and O–H groups in total. The molecular weight excluding hydrogens is 274 g/mol. The van der Waals surface area contributed by atoms with Crippen LogP contribution in [0, 0.1) is 13.8 Å². The van der Waals surface area contributed by atoms with Crippen LogP contribution in [0.25, 0.3) is 0 Å². The number of nitrogens with zero attached hydrogens (tertiary/aromatic N) is 3. The molecule has 0 spiro atoms. The van der Waals surface area contributed by atoms with Gasteiger partial charge in [0.15, 0.2) is 8.68 Å². The Hall–Kier alpha value is -0.530. The van der Waals surface area contributed by atoms with Crippen LogP contribution in [0.2, 0.25) is 0 Å². The molecule has 0 amide bonds. The normalized spacial score (nSPS) is 11.0. The van der Waals surface area contributed by atoms with E-state index in [0.29, 0.717) is 0 Å². The van der Waals surface area contributed by atoms with E-state index in [-0.39, 0.29) is 0 Å². The summed E-state index contributed by atoms with van der Waals surface area (Å²) >= 11 is 5.05. The Balaban J connectivity index is 1.97. The van der Waals surface area contributed by atoms with Gasteiger partial charge >= 0.3 is 0 Å². The lowest BCUT2D eigenvalue weighted by Crippen LogP contribution is -1.84. The van der Waals surface area contributed by atoms with Gasteiger partial charge in [0.2, 0.25) is 0 Å². The molecule has 0 radical (unpaired) electrons. The fourth-order valence-corrected chi connectivity index (χ4v) is 4.35. The summed E-state index contributed by atoms with van der Waals surface area (Å²) in [5.74, 6) is 2.76. The number of hydrogen-bond donors (Lipinski definition) is 0. The lowest BCUT2D eigenvalue weighted by molar-refractivity contribution is 0.392. The average Bonchev–Trinajstić information content (AvgIpc) is 2.86. The van der Waals surface area contributed by atoms with Gasteiger partial charge < -0.3 is 4.52 Å². The van der Waals surface area contributed by atoms with Crippen molar-refractivity contribution in [1.82, 2.24) is 15.4 Å². The van der Waals surface area contributed by atoms with Crippen LogP contribution in [0.1, 0.15) is 23.9 Å². The van der Waals surface area contributed by atoms with E-state index >= 15 is 0 Å². The van der Waals surface area contributed by atoms with Gasteiger partial charge in [0.05, 0.1) is 5.69 Å². The maximum Gasteiger partial charge on any atom is 0.175 e. The Morgan fingerprint density at radius 2 is 1.88 bits per heavy atom. The zero-order valence-corrected chi connectivity index (χ0v) is 12.3. The highest BCUT2D eigenvalue weighted by atomic mass is 32.2. The van der Waals surface area contributed by atoms with Crippen molar-refractivity contribution in [3.63, 3.8) is 0 Å². The van der Waals surface area contributed by atoms with Crippen LogP contribution in [0.15, 0.2) is 13.2 Å². The molecule has 2 aromatic rings. The molecule has 4 nitrogen and oxygen atoms in total. The predicted molar refractivity (Wildman–Crippen MR) is 71.8 cm³/mol. The number of hydrogen-bond acceptors (Lipinski definition) is 7. The molecule has 0 atom stereocenters. The van der Waals surface area contributed by atoms with E-state index in [2.05, 4.69) is 22.3 Å². The Bertz CT molecular complexity index is 475. The summed E-state index contributed by atoms with van der Waals surface area (Å²) in [5, 5.41) is 12.2. The maximum absolute atomic E-state index is 5.13. The van der Waals surface area contributed by atoms with Crippen molar-refractivity contribution in [1.29, 1.82) is 0 Å². The monoisotopic (exact) mass is 287 g/mol. The Morgan fingerprint density at radius 1 is 1.18 bits per heavy atom. The van der Waals surface area contributed by atoms with Gasteiger partial charge in [0, 0.05) is 11.3 Å². The maximum atomic E-state index is 5.13. The Labute approximate surface area is 113 Å². The summed E-state index contributed by atoms with van der Waals surface area (Å²) in [6.07, 6.45) is 0. The van der Waals surface area contributed by atoms with Crippen LogP contribution in [0.3, 0.4) is 0 Å². The number of aryl methyl sites for hydroxylation is 2. The molecule has 92 valence electrons. The third kappa shape index (κ3) is 3.23. The van der Waals surface area contributed by atoms with Crippen LogP contribution in [0.4, 0.5) is 0 Å². The molecule has 0 saturated heterocycles. The Morgan fingerprint density at radius 3 is 2.47 bits per heavy atom. The fraction of sp³-hybridized carbons (Fsp3) is 0.500. The average molecular weight is 287 g/mol. The molecule has 2 heterocycles. The molecule has 0 saturated carbocycles. The van der Waals surface area contributed by atoms with E-state index in [4.69, 9.17) is 4.52 Å². The molecule has 7 heteroatoms. The van der Waals surface area contributed by atoms with Crippen LogP contribution >= 0.6 is 34.9 Å². The van der Waals surface area contributed by atoms with Crippen LogP contribution in [0.5, 0.6) is 0 Å². The summed E-state index contributed by atoms with van der Waals surface area (Å²) in [6, 6.07) is 0. The molecule has 0 aromatic carbocycles. The first-order chi connectivity index (χ1) is 8.20. The first-order valence-electron chi connectivity index (χ1n) is 5.21. The summed E-state index contributed by atoms with van der Waals surface area (Å²) in [7, 11) is 0. The molecule has 0 aliphatic heterocycles. The van der Waals surface area contributed by atoms with E-state index in [1.165, 1.54) is 0 Å². The molecular formula is C10H13N3OS3. The van der Waals surface area contributed by atoms with E-state index in [1.54, 1.807) is 34.9 Å². The van der Waals surface area contributed by atoms with Gasteiger partial charge in [-0.1, -0.05) is 46.9 Å². The fourth-order valence-electron chi connectivity index (χ4n) is 1.28. The van der Waals surface area contributed by atoms with Crippen molar-refractivity contribution in [2.24, 2.45) is 0 Å². The molecule has 0 fully saturated rings. The van der Waals surface area contributed by atoms with Crippen molar-refractivity contribution in [2.75, 3.05) is 5.75 Å². The minimum atomic E-state index is 0.840. The van der Waals surface area contributed by atoms with E-state index in [0.717, 1.165) is 37.2 Å². The Kier molecular flexibility index (Phi) is 4.47. The van der Waals surface area contributed by atoms with Crippen molar-refractivity contribution in [2.45, 2.75) is 35.2 Å². The van der Waals surface area contributed by atoms with Crippen LogP contribution in [-0.4, -0.2) is 21.1 Å². The second-order valence-corrected chi connectivity index (χ2v) is 7.07. The minimum Gasteiger partial charge on any atom is -0.361 e. The third-order valence-electron chi connectivity index (χ3n) is 2.18. The highest BCUT2D eigenvalue weighted by Gasteiger charge is 2.11.